The molecule has 0 saturated heterocycles. The van der Waals surface area contributed by atoms with Crippen LogP contribution in [0.5, 0.6) is 0 Å². The molecule has 2 nitrogen and oxygen atoms in total. The Morgan fingerprint density at radius 3 is 2.00 bits per heavy atom. The number of allylic oxidation sites excluding steroid dienone is 2. The van der Waals surface area contributed by atoms with Crippen molar-refractivity contribution in [1.29, 1.82) is 0 Å². The lowest BCUT2D eigenvalue weighted by atomic mass is 9.67. The van der Waals surface area contributed by atoms with E-state index < -0.39 is 5.97 Å². The minimum atomic E-state index is -0.826. The fourth-order valence-corrected chi connectivity index (χ4v) is 1.33. The summed E-state index contributed by atoms with van der Waals surface area (Å²) in [5.41, 5.74) is 3.25. The van der Waals surface area contributed by atoms with Crippen molar-refractivity contribution in [3.8, 4) is 0 Å². The Labute approximate surface area is 66.9 Å². The van der Waals surface area contributed by atoms with Gasteiger partial charge in [-0.2, -0.15) is 0 Å². The normalized spacial score (nSPS) is 17.4. The summed E-state index contributed by atoms with van der Waals surface area (Å²) in [5, 5.41) is 8.76. The number of hydrogen-bond donors (Lipinski definition) is 1. The van der Waals surface area contributed by atoms with Crippen LogP contribution in [-0.4, -0.2) is 18.4 Å². The molecule has 0 aliphatic carbocycles. The van der Waals surface area contributed by atoms with E-state index in [9.17, 15) is 4.79 Å². The van der Waals surface area contributed by atoms with E-state index in [4.69, 9.17) is 5.11 Å². The first-order chi connectivity index (χ1) is 5.04. The molecule has 1 rings (SSSR count). The largest absolute Gasteiger partial charge is 0.478 e. The summed E-state index contributed by atoms with van der Waals surface area (Å²) >= 11 is 0. The Kier molecular flexibility index (Phi) is 1.89. The first-order valence-corrected chi connectivity index (χ1v) is 3.51. The SMILES string of the molecule is CC1=C(C)C(C(=O)O)=C(C)[B]1. The first-order valence-electron chi connectivity index (χ1n) is 3.51. The third-order valence-corrected chi connectivity index (χ3v) is 2.01. The van der Waals surface area contributed by atoms with Crippen LogP contribution in [0.15, 0.2) is 22.1 Å². The average molecular weight is 149 g/mol. The quantitative estimate of drug-likeness (QED) is 0.571. The number of carboxylic acid groups (broad SMARTS) is 1. The fourth-order valence-electron chi connectivity index (χ4n) is 1.33. The molecule has 3 heteroatoms. The molecule has 11 heavy (non-hydrogen) atoms. The molecule has 1 aliphatic heterocycles. The van der Waals surface area contributed by atoms with E-state index >= 15 is 0 Å². The predicted molar refractivity (Wildman–Crippen MR) is 44.5 cm³/mol. The molecule has 0 fully saturated rings. The maximum Gasteiger partial charge on any atom is 0.335 e. The van der Waals surface area contributed by atoms with Gasteiger partial charge in [-0.25, -0.2) is 4.79 Å². The van der Waals surface area contributed by atoms with Gasteiger partial charge in [-0.1, -0.05) is 19.3 Å². The van der Waals surface area contributed by atoms with E-state index in [-0.39, 0.29) is 0 Å². The standard InChI is InChI=1S/C8H10BO2/c1-4-5(2)9-6(3)7(4)8(10)11/h1-3H3,(H,10,11). The Bertz CT molecular complexity index is 274. The number of rotatable bonds is 1. The fraction of sp³-hybridized carbons (Fsp3) is 0.375. The van der Waals surface area contributed by atoms with E-state index in [1.807, 2.05) is 28.1 Å². The minimum absolute atomic E-state index is 0.461. The second-order valence-corrected chi connectivity index (χ2v) is 2.82. The van der Waals surface area contributed by atoms with Gasteiger partial charge in [0.2, 0.25) is 0 Å². The molecule has 0 unspecified atom stereocenters. The van der Waals surface area contributed by atoms with Gasteiger partial charge in [-0.15, -0.1) is 5.47 Å². The van der Waals surface area contributed by atoms with Gasteiger partial charge in [-0.05, 0) is 12.5 Å². The summed E-state index contributed by atoms with van der Waals surface area (Å²) < 4.78 is 0. The highest BCUT2D eigenvalue weighted by atomic mass is 16.4. The van der Waals surface area contributed by atoms with E-state index in [1.54, 1.807) is 0 Å². The van der Waals surface area contributed by atoms with Crippen molar-refractivity contribution in [2.45, 2.75) is 20.8 Å². The Morgan fingerprint density at radius 1 is 1.27 bits per heavy atom. The van der Waals surface area contributed by atoms with E-state index in [2.05, 4.69) is 0 Å². The molecule has 0 aromatic carbocycles. The van der Waals surface area contributed by atoms with Crippen molar-refractivity contribution >= 4 is 13.2 Å². The molecule has 1 aliphatic rings. The molecule has 57 valence electrons. The first kappa shape index (κ1) is 8.11. The summed E-state index contributed by atoms with van der Waals surface area (Å²) in [6, 6.07) is 0. The number of carbonyl (C=O) groups is 1. The van der Waals surface area contributed by atoms with Crippen LogP contribution in [0.4, 0.5) is 0 Å². The second-order valence-electron chi connectivity index (χ2n) is 2.82. The highest BCUT2D eigenvalue weighted by molar-refractivity contribution is 6.56. The smallest absolute Gasteiger partial charge is 0.335 e. The second kappa shape index (κ2) is 2.57. The maximum atomic E-state index is 10.7. The zero-order chi connectivity index (χ0) is 8.59. The monoisotopic (exact) mass is 149 g/mol. The van der Waals surface area contributed by atoms with Gasteiger partial charge in [-0.3, -0.25) is 0 Å². The molecule has 0 bridgehead atoms. The van der Waals surface area contributed by atoms with Gasteiger partial charge >= 0.3 is 5.97 Å². The third-order valence-electron chi connectivity index (χ3n) is 2.01. The van der Waals surface area contributed by atoms with Crippen LogP contribution in [0.2, 0.25) is 0 Å². The molecule has 1 heterocycles. The molecular formula is C8H10BO2. The van der Waals surface area contributed by atoms with Crippen molar-refractivity contribution in [1.82, 2.24) is 0 Å². The molecule has 0 atom stereocenters. The molecule has 1 radical (unpaired) electrons. The highest BCUT2D eigenvalue weighted by Gasteiger charge is 2.21. The van der Waals surface area contributed by atoms with Gasteiger partial charge < -0.3 is 5.11 Å². The van der Waals surface area contributed by atoms with Crippen molar-refractivity contribution in [2.24, 2.45) is 0 Å². The van der Waals surface area contributed by atoms with Gasteiger partial charge in [0.1, 0.15) is 0 Å². The van der Waals surface area contributed by atoms with Crippen molar-refractivity contribution in [2.75, 3.05) is 0 Å². The number of aliphatic carboxylic acids is 1. The number of carboxylic acids is 1. The molecule has 0 aromatic rings. The maximum absolute atomic E-state index is 10.7. The Balaban J connectivity index is 3.10. The van der Waals surface area contributed by atoms with Crippen LogP contribution >= 0.6 is 0 Å². The molecule has 1 N–H and O–H groups in total. The topological polar surface area (TPSA) is 37.3 Å². The summed E-state index contributed by atoms with van der Waals surface area (Å²) in [6.07, 6.45) is 0. The predicted octanol–water partition coefficient (Wildman–Crippen LogP) is 1.36. The molecule has 0 spiro atoms. The van der Waals surface area contributed by atoms with Crippen LogP contribution in [0, 0.1) is 0 Å². The third kappa shape index (κ3) is 1.23. The van der Waals surface area contributed by atoms with Crippen LogP contribution < -0.4 is 0 Å². The molecule has 0 aromatic heterocycles. The average Bonchev–Trinajstić information content (AvgIpc) is 2.07. The Morgan fingerprint density at radius 2 is 1.82 bits per heavy atom. The molecule has 0 saturated carbocycles. The van der Waals surface area contributed by atoms with Crippen LogP contribution in [0.3, 0.4) is 0 Å². The minimum Gasteiger partial charge on any atom is -0.478 e. The summed E-state index contributed by atoms with van der Waals surface area (Å²) in [4.78, 5) is 10.7. The van der Waals surface area contributed by atoms with Crippen molar-refractivity contribution in [3.05, 3.63) is 22.1 Å². The summed E-state index contributed by atoms with van der Waals surface area (Å²) in [6.45, 7) is 5.59. The molecule has 0 amide bonds. The van der Waals surface area contributed by atoms with E-state index in [1.165, 1.54) is 0 Å². The van der Waals surface area contributed by atoms with Crippen LogP contribution in [0.25, 0.3) is 0 Å². The van der Waals surface area contributed by atoms with Gasteiger partial charge in [0, 0.05) is 0 Å². The van der Waals surface area contributed by atoms with E-state index in [0.717, 1.165) is 16.5 Å². The zero-order valence-electron chi connectivity index (χ0n) is 6.93. The highest BCUT2D eigenvalue weighted by Crippen LogP contribution is 2.25. The van der Waals surface area contributed by atoms with Crippen molar-refractivity contribution in [3.63, 3.8) is 0 Å². The van der Waals surface area contributed by atoms with Gasteiger partial charge in [0.25, 0.3) is 0 Å². The molecular weight excluding hydrogens is 139 g/mol. The Hall–Kier alpha value is -0.985. The summed E-state index contributed by atoms with van der Waals surface area (Å²) in [7, 11) is 1.90. The van der Waals surface area contributed by atoms with Gasteiger partial charge in [0.15, 0.2) is 7.28 Å². The van der Waals surface area contributed by atoms with Gasteiger partial charge in [0.05, 0.1) is 5.57 Å². The lowest BCUT2D eigenvalue weighted by Crippen LogP contribution is -2.01. The number of hydrogen-bond acceptors (Lipinski definition) is 1. The van der Waals surface area contributed by atoms with Crippen LogP contribution in [0.1, 0.15) is 20.8 Å². The lowest BCUT2D eigenvalue weighted by molar-refractivity contribution is -0.132. The lowest BCUT2D eigenvalue weighted by Gasteiger charge is -1.98. The summed E-state index contributed by atoms with van der Waals surface area (Å²) in [5.74, 6) is -0.826. The van der Waals surface area contributed by atoms with E-state index in [0.29, 0.717) is 5.57 Å². The zero-order valence-corrected chi connectivity index (χ0v) is 6.93. The van der Waals surface area contributed by atoms with Crippen LogP contribution in [-0.2, 0) is 4.79 Å². The van der Waals surface area contributed by atoms with Crippen molar-refractivity contribution < 1.29 is 9.90 Å².